The number of amides is 1. The van der Waals surface area contributed by atoms with Gasteiger partial charge in [-0.3, -0.25) is 4.79 Å². The molecule has 2 fully saturated rings. The molecule has 2 aliphatic carbocycles. The topological polar surface area (TPSA) is 102 Å². The number of hydrazone groups is 1. The molecule has 7 nitrogen and oxygen atoms in total. The minimum atomic E-state index is -1.14. The van der Waals surface area contributed by atoms with Gasteiger partial charge < -0.3 is 15.1 Å². The van der Waals surface area contributed by atoms with E-state index >= 15 is 0 Å². The van der Waals surface area contributed by atoms with Gasteiger partial charge in [0.25, 0.3) is 0 Å². The van der Waals surface area contributed by atoms with Crippen LogP contribution in [0.15, 0.2) is 23.6 Å². The van der Waals surface area contributed by atoms with Gasteiger partial charge in [0.2, 0.25) is 6.41 Å². The monoisotopic (exact) mass is 380 g/mol. The van der Waals surface area contributed by atoms with Crippen molar-refractivity contribution >= 4 is 35.7 Å². The highest BCUT2D eigenvalue weighted by Gasteiger charge is 2.51. The van der Waals surface area contributed by atoms with E-state index in [-0.39, 0.29) is 11.8 Å². The molecule has 28 heavy (non-hydrogen) atoms. The highest BCUT2D eigenvalue weighted by molar-refractivity contribution is 6.68. The summed E-state index contributed by atoms with van der Waals surface area (Å²) in [6.45, 7) is 4.38. The minimum Gasteiger partial charge on any atom is -0.427 e. The molecule has 0 aromatic carbocycles. The molecule has 0 unspecified atom stereocenters. The van der Waals surface area contributed by atoms with Gasteiger partial charge in [0.15, 0.2) is 0 Å². The van der Waals surface area contributed by atoms with Gasteiger partial charge in [0, 0.05) is 34.7 Å². The van der Waals surface area contributed by atoms with Crippen molar-refractivity contribution in [2.75, 3.05) is 0 Å². The third-order valence-corrected chi connectivity index (χ3v) is 6.95. The molecule has 2 aromatic rings. The SMILES string of the molecule is C[C@@H]1C[C@H]2C[C@@](O)(C1)C[C@@H](C)[C@H]2C1=NN(C=O)B(O)c2cnc3[nH]ccc3c21. The van der Waals surface area contributed by atoms with E-state index < -0.39 is 12.7 Å². The molecule has 3 heterocycles. The molecule has 5 rings (SSSR count). The van der Waals surface area contributed by atoms with Gasteiger partial charge >= 0.3 is 7.05 Å². The van der Waals surface area contributed by atoms with Crippen molar-refractivity contribution in [3.8, 4) is 0 Å². The molecule has 2 aromatic heterocycles. The predicted octanol–water partition coefficient (Wildman–Crippen LogP) is 1.25. The number of carbonyl (C=O) groups is 1. The van der Waals surface area contributed by atoms with Crippen molar-refractivity contribution in [3.63, 3.8) is 0 Å². The summed E-state index contributed by atoms with van der Waals surface area (Å²) < 4.78 is 0. The van der Waals surface area contributed by atoms with Crippen LogP contribution in [0, 0.1) is 23.7 Å². The summed E-state index contributed by atoms with van der Waals surface area (Å²) in [5, 5.41) is 27.3. The van der Waals surface area contributed by atoms with E-state index in [4.69, 9.17) is 0 Å². The molecule has 3 N–H and O–H groups in total. The third-order valence-electron chi connectivity index (χ3n) is 6.95. The number of pyridine rings is 1. The number of aromatic nitrogens is 2. The average molecular weight is 380 g/mol. The molecule has 1 amide bonds. The molecule has 2 bridgehead atoms. The van der Waals surface area contributed by atoms with E-state index in [9.17, 15) is 14.9 Å². The fraction of sp³-hybridized carbons (Fsp3) is 0.550. The van der Waals surface area contributed by atoms with Gasteiger partial charge in [-0.25, -0.2) is 9.90 Å². The highest BCUT2D eigenvalue weighted by atomic mass is 16.3. The summed E-state index contributed by atoms with van der Waals surface area (Å²) in [5.41, 5.74) is 2.49. The number of aliphatic hydroxyl groups is 1. The van der Waals surface area contributed by atoms with Crippen molar-refractivity contribution < 1.29 is 14.9 Å². The number of fused-ring (bicyclic) bond motifs is 5. The zero-order chi connectivity index (χ0) is 19.6. The molecule has 8 heteroatoms. The predicted molar refractivity (Wildman–Crippen MR) is 107 cm³/mol. The molecular formula is C20H25BN4O3. The van der Waals surface area contributed by atoms with Gasteiger partial charge in [-0.2, -0.15) is 5.10 Å². The van der Waals surface area contributed by atoms with E-state index in [1.54, 1.807) is 6.20 Å². The largest absolute Gasteiger partial charge is 0.475 e. The second-order valence-corrected chi connectivity index (χ2v) is 9.11. The number of nitrogens with zero attached hydrogens (tertiary/aromatic N) is 3. The minimum absolute atomic E-state index is 0.122. The first-order chi connectivity index (χ1) is 13.4. The summed E-state index contributed by atoms with van der Waals surface area (Å²) in [4.78, 5) is 20.2. The Labute approximate surface area is 164 Å². The van der Waals surface area contributed by atoms with Crippen molar-refractivity contribution in [1.29, 1.82) is 0 Å². The van der Waals surface area contributed by atoms with Crippen LogP contribution in [0.4, 0.5) is 0 Å². The standard InChI is InChI=1S/C20H25BN4O3/c1-11-5-13-8-20(27,6-11)7-12(2)16(13)18-17-14-3-4-22-19(14)23-9-15(17)21(28)25(10-26)24-18/h3-4,9-13,16,27-28H,5-8H2,1-2H3,(H,22,23)/t11-,12-,13+,16-,20-/m1/s1. The lowest BCUT2D eigenvalue weighted by molar-refractivity contribution is -0.115. The van der Waals surface area contributed by atoms with Crippen molar-refractivity contribution in [2.45, 2.75) is 45.1 Å². The van der Waals surface area contributed by atoms with Crippen LogP contribution in [0.5, 0.6) is 0 Å². The van der Waals surface area contributed by atoms with Crippen molar-refractivity contribution in [3.05, 3.63) is 24.0 Å². The summed E-state index contributed by atoms with van der Waals surface area (Å²) >= 11 is 0. The van der Waals surface area contributed by atoms with Crippen LogP contribution in [0.1, 0.15) is 45.1 Å². The number of hydrogen-bond acceptors (Lipinski definition) is 5. The fourth-order valence-corrected chi connectivity index (χ4v) is 6.22. The average Bonchev–Trinajstić information content (AvgIpc) is 3.10. The normalized spacial score (nSPS) is 34.9. The number of hydrogen-bond donors (Lipinski definition) is 3. The summed E-state index contributed by atoms with van der Waals surface area (Å²) in [5.74, 6) is 1.11. The molecule has 0 radical (unpaired) electrons. The Kier molecular flexibility index (Phi) is 3.93. The Balaban J connectivity index is 1.68. The first kappa shape index (κ1) is 17.9. The van der Waals surface area contributed by atoms with E-state index in [1.807, 2.05) is 12.3 Å². The van der Waals surface area contributed by atoms with Crippen LogP contribution in [0.3, 0.4) is 0 Å². The van der Waals surface area contributed by atoms with Gasteiger partial charge in [0.05, 0.1) is 11.3 Å². The van der Waals surface area contributed by atoms with E-state index in [2.05, 4.69) is 28.9 Å². The third kappa shape index (κ3) is 2.54. The molecule has 0 saturated heterocycles. The van der Waals surface area contributed by atoms with Crippen LogP contribution in [-0.2, 0) is 4.79 Å². The van der Waals surface area contributed by atoms with Crippen LogP contribution < -0.4 is 5.46 Å². The number of aromatic amines is 1. The van der Waals surface area contributed by atoms with Gasteiger partial charge in [0.1, 0.15) is 5.65 Å². The Morgan fingerprint density at radius 2 is 2.18 bits per heavy atom. The molecular weight excluding hydrogens is 355 g/mol. The van der Waals surface area contributed by atoms with Crippen molar-refractivity contribution in [2.24, 2.45) is 28.8 Å². The zero-order valence-corrected chi connectivity index (χ0v) is 16.2. The van der Waals surface area contributed by atoms with Gasteiger partial charge in [-0.1, -0.05) is 13.8 Å². The van der Waals surface area contributed by atoms with Crippen LogP contribution >= 0.6 is 0 Å². The lowest BCUT2D eigenvalue weighted by Gasteiger charge is -2.51. The second-order valence-electron chi connectivity index (χ2n) is 9.11. The van der Waals surface area contributed by atoms with Crippen LogP contribution in [0.2, 0.25) is 0 Å². The van der Waals surface area contributed by atoms with Crippen molar-refractivity contribution in [1.82, 2.24) is 14.9 Å². The second kappa shape index (κ2) is 6.16. The zero-order valence-electron chi connectivity index (χ0n) is 16.2. The molecule has 146 valence electrons. The highest BCUT2D eigenvalue weighted by Crippen LogP contribution is 2.51. The Morgan fingerprint density at radius 1 is 1.36 bits per heavy atom. The smallest absolute Gasteiger partial charge is 0.427 e. The number of carbonyl (C=O) groups excluding carboxylic acids is 1. The quantitative estimate of drug-likeness (QED) is 0.539. The first-order valence-corrected chi connectivity index (χ1v) is 10.1. The summed E-state index contributed by atoms with van der Waals surface area (Å²) in [6.07, 6.45) is 7.44. The number of nitrogens with one attached hydrogen (secondary N) is 1. The summed E-state index contributed by atoms with van der Waals surface area (Å²) in [7, 11) is -1.14. The van der Waals surface area contributed by atoms with Gasteiger partial charge in [-0.15, -0.1) is 0 Å². The fourth-order valence-electron chi connectivity index (χ4n) is 6.22. The van der Waals surface area contributed by atoms with Crippen LogP contribution in [-0.4, -0.2) is 49.8 Å². The maximum Gasteiger partial charge on any atom is 0.475 e. The molecule has 3 aliphatic rings. The van der Waals surface area contributed by atoms with Crippen LogP contribution in [0.25, 0.3) is 11.0 Å². The number of H-pyrrole nitrogens is 1. The van der Waals surface area contributed by atoms with E-state index in [0.717, 1.165) is 52.9 Å². The first-order valence-electron chi connectivity index (χ1n) is 10.1. The lowest BCUT2D eigenvalue weighted by atomic mass is 9.55. The molecule has 1 aliphatic heterocycles. The maximum atomic E-state index is 11.6. The van der Waals surface area contributed by atoms with E-state index in [1.165, 1.54) is 0 Å². The van der Waals surface area contributed by atoms with E-state index in [0.29, 0.717) is 23.7 Å². The maximum absolute atomic E-state index is 11.6. The summed E-state index contributed by atoms with van der Waals surface area (Å²) in [6, 6.07) is 1.95. The molecule has 2 saturated carbocycles. The molecule has 5 atom stereocenters. The number of rotatable bonds is 2. The molecule has 0 spiro atoms. The Morgan fingerprint density at radius 3 is 2.96 bits per heavy atom. The van der Waals surface area contributed by atoms with Gasteiger partial charge in [-0.05, 0) is 49.5 Å². The Bertz CT molecular complexity index is 972. The lowest BCUT2D eigenvalue weighted by Crippen LogP contribution is -2.56. The Hall–Kier alpha value is -2.19.